The van der Waals surface area contributed by atoms with Crippen LogP contribution in [-0.4, -0.2) is 29.2 Å². The minimum Gasteiger partial charge on any atom is -0.394 e. The molecule has 94 valence electrons. The van der Waals surface area contributed by atoms with Gasteiger partial charge in [-0.1, -0.05) is 6.07 Å². The predicted molar refractivity (Wildman–Crippen MR) is 67.4 cm³/mol. The highest BCUT2D eigenvalue weighted by Crippen LogP contribution is 2.31. The molecule has 5 nitrogen and oxygen atoms in total. The summed E-state index contributed by atoms with van der Waals surface area (Å²) in [5.74, 6) is 0. The van der Waals surface area contributed by atoms with Gasteiger partial charge in [-0.05, 0) is 26.8 Å². The molecule has 0 aromatic heterocycles. The summed E-state index contributed by atoms with van der Waals surface area (Å²) in [5.41, 5.74) is 1.02. The molecule has 1 N–H and O–H groups in total. The minimum atomic E-state index is -0.458. The number of nitro groups is 1. The molecule has 0 aliphatic carbocycles. The standard InChI is InChI=1S/C12H18N2O3/c1-9-10(13(4)12(2,3)8-15)6-5-7-11(9)14(16)17/h5-7,15H,8H2,1-4H3. The second-order valence-corrected chi connectivity index (χ2v) is 4.71. The van der Waals surface area contributed by atoms with Gasteiger partial charge in [-0.3, -0.25) is 10.1 Å². The lowest BCUT2D eigenvalue weighted by atomic mass is 10.0. The van der Waals surface area contributed by atoms with Gasteiger partial charge in [-0.25, -0.2) is 0 Å². The summed E-state index contributed by atoms with van der Waals surface area (Å²) >= 11 is 0. The van der Waals surface area contributed by atoms with Crippen molar-refractivity contribution in [1.82, 2.24) is 0 Å². The smallest absolute Gasteiger partial charge is 0.274 e. The number of aliphatic hydroxyl groups is 1. The van der Waals surface area contributed by atoms with Gasteiger partial charge in [0.2, 0.25) is 0 Å². The number of nitro benzene ring substituents is 1. The van der Waals surface area contributed by atoms with Crippen molar-refractivity contribution >= 4 is 11.4 Å². The molecule has 0 saturated carbocycles. The van der Waals surface area contributed by atoms with Crippen molar-refractivity contribution < 1.29 is 10.0 Å². The number of anilines is 1. The summed E-state index contributed by atoms with van der Waals surface area (Å²) in [6.07, 6.45) is 0. The van der Waals surface area contributed by atoms with E-state index >= 15 is 0 Å². The van der Waals surface area contributed by atoms with E-state index in [1.807, 2.05) is 31.9 Å². The molecule has 0 spiro atoms. The molecule has 1 aromatic carbocycles. The van der Waals surface area contributed by atoms with Crippen molar-refractivity contribution in [1.29, 1.82) is 0 Å². The number of aliphatic hydroxyl groups excluding tert-OH is 1. The Kier molecular flexibility index (Phi) is 3.72. The highest BCUT2D eigenvalue weighted by molar-refractivity contribution is 5.62. The molecule has 17 heavy (non-hydrogen) atoms. The molecule has 1 aromatic rings. The van der Waals surface area contributed by atoms with Gasteiger partial charge >= 0.3 is 0 Å². The van der Waals surface area contributed by atoms with E-state index in [0.717, 1.165) is 5.69 Å². The van der Waals surface area contributed by atoms with Gasteiger partial charge in [0, 0.05) is 18.8 Å². The van der Waals surface area contributed by atoms with Crippen molar-refractivity contribution in [3.63, 3.8) is 0 Å². The number of hydrogen-bond donors (Lipinski definition) is 1. The van der Waals surface area contributed by atoms with Crippen LogP contribution in [0, 0.1) is 17.0 Å². The third-order valence-electron chi connectivity index (χ3n) is 3.13. The van der Waals surface area contributed by atoms with E-state index in [1.165, 1.54) is 6.07 Å². The lowest BCUT2D eigenvalue weighted by molar-refractivity contribution is -0.385. The van der Waals surface area contributed by atoms with Gasteiger partial charge in [-0.15, -0.1) is 0 Å². The van der Waals surface area contributed by atoms with Crippen LogP contribution in [0.5, 0.6) is 0 Å². The molecule has 0 radical (unpaired) electrons. The van der Waals surface area contributed by atoms with Crippen molar-refractivity contribution in [3.8, 4) is 0 Å². The van der Waals surface area contributed by atoms with E-state index in [1.54, 1.807) is 13.0 Å². The molecule has 1 rings (SSSR count). The lowest BCUT2D eigenvalue weighted by Gasteiger charge is -2.36. The van der Waals surface area contributed by atoms with E-state index in [9.17, 15) is 15.2 Å². The zero-order valence-electron chi connectivity index (χ0n) is 10.6. The zero-order chi connectivity index (χ0) is 13.2. The Bertz CT molecular complexity index is 430. The van der Waals surface area contributed by atoms with Crippen LogP contribution in [0.4, 0.5) is 11.4 Å². The SMILES string of the molecule is Cc1c(N(C)C(C)(C)CO)cccc1[N+](=O)[O-]. The summed E-state index contributed by atoms with van der Waals surface area (Å²) in [7, 11) is 1.82. The quantitative estimate of drug-likeness (QED) is 0.644. The van der Waals surface area contributed by atoms with E-state index in [-0.39, 0.29) is 12.3 Å². The fraction of sp³-hybridized carbons (Fsp3) is 0.500. The maximum atomic E-state index is 10.9. The first-order valence-electron chi connectivity index (χ1n) is 5.40. The normalized spacial score (nSPS) is 11.4. The Balaban J connectivity index is 3.24. The topological polar surface area (TPSA) is 66.6 Å². The molecule has 5 heteroatoms. The Hall–Kier alpha value is -1.62. The molecule has 0 unspecified atom stereocenters. The Morgan fingerprint density at radius 2 is 2.06 bits per heavy atom. The molecule has 0 atom stereocenters. The number of likely N-dealkylation sites (N-methyl/N-ethyl adjacent to an activating group) is 1. The van der Waals surface area contributed by atoms with Crippen LogP contribution in [-0.2, 0) is 0 Å². The molecule has 0 fully saturated rings. The van der Waals surface area contributed by atoms with Gasteiger partial charge in [0.15, 0.2) is 0 Å². The van der Waals surface area contributed by atoms with Crippen molar-refractivity contribution in [2.24, 2.45) is 0 Å². The third-order valence-corrected chi connectivity index (χ3v) is 3.13. The molecule has 0 aliphatic rings. The first-order chi connectivity index (χ1) is 7.81. The maximum Gasteiger partial charge on any atom is 0.274 e. The average Bonchev–Trinajstić information content (AvgIpc) is 2.28. The first-order valence-corrected chi connectivity index (χ1v) is 5.40. The third kappa shape index (κ3) is 2.55. The Morgan fingerprint density at radius 3 is 2.53 bits per heavy atom. The summed E-state index contributed by atoms with van der Waals surface area (Å²) in [4.78, 5) is 12.3. The van der Waals surface area contributed by atoms with Crippen LogP contribution in [0.15, 0.2) is 18.2 Å². The molecule has 0 aliphatic heterocycles. The number of rotatable bonds is 4. The van der Waals surface area contributed by atoms with Crippen LogP contribution in [0.3, 0.4) is 0 Å². The zero-order valence-corrected chi connectivity index (χ0v) is 10.6. The fourth-order valence-corrected chi connectivity index (χ4v) is 1.60. The minimum absolute atomic E-state index is 0.0222. The predicted octanol–water partition coefficient (Wildman–Crippen LogP) is 2.11. The molecular formula is C12H18N2O3. The van der Waals surface area contributed by atoms with Crippen LogP contribution >= 0.6 is 0 Å². The number of hydrogen-bond acceptors (Lipinski definition) is 4. The average molecular weight is 238 g/mol. The van der Waals surface area contributed by atoms with Crippen molar-refractivity contribution in [2.45, 2.75) is 26.3 Å². The largest absolute Gasteiger partial charge is 0.394 e. The van der Waals surface area contributed by atoms with E-state index < -0.39 is 10.5 Å². The second-order valence-electron chi connectivity index (χ2n) is 4.71. The number of benzene rings is 1. The van der Waals surface area contributed by atoms with Crippen LogP contribution < -0.4 is 4.90 Å². The summed E-state index contributed by atoms with van der Waals surface area (Å²) in [6.45, 7) is 5.46. The van der Waals surface area contributed by atoms with Gasteiger partial charge < -0.3 is 10.0 Å². The van der Waals surface area contributed by atoms with Crippen molar-refractivity contribution in [2.75, 3.05) is 18.6 Å². The van der Waals surface area contributed by atoms with E-state index in [4.69, 9.17) is 0 Å². The van der Waals surface area contributed by atoms with Crippen LogP contribution in [0.1, 0.15) is 19.4 Å². The monoisotopic (exact) mass is 238 g/mol. The lowest BCUT2D eigenvalue weighted by Crippen LogP contribution is -2.44. The fourth-order valence-electron chi connectivity index (χ4n) is 1.60. The van der Waals surface area contributed by atoms with Crippen LogP contribution in [0.25, 0.3) is 0 Å². The molecule has 0 amide bonds. The highest BCUT2D eigenvalue weighted by Gasteiger charge is 2.26. The Morgan fingerprint density at radius 1 is 1.47 bits per heavy atom. The van der Waals surface area contributed by atoms with Crippen LogP contribution in [0.2, 0.25) is 0 Å². The first kappa shape index (κ1) is 13.4. The molecule has 0 bridgehead atoms. The molecule has 0 heterocycles. The maximum absolute atomic E-state index is 10.9. The van der Waals surface area contributed by atoms with Crippen molar-refractivity contribution in [3.05, 3.63) is 33.9 Å². The summed E-state index contributed by atoms with van der Waals surface area (Å²) in [5, 5.41) is 20.2. The van der Waals surface area contributed by atoms with Gasteiger partial charge in [0.1, 0.15) is 0 Å². The molecule has 0 saturated heterocycles. The van der Waals surface area contributed by atoms with E-state index in [2.05, 4.69) is 0 Å². The number of nitrogens with zero attached hydrogens (tertiary/aromatic N) is 2. The van der Waals surface area contributed by atoms with Gasteiger partial charge in [-0.2, -0.15) is 0 Å². The molecular weight excluding hydrogens is 220 g/mol. The van der Waals surface area contributed by atoms with Gasteiger partial charge in [0.05, 0.1) is 22.6 Å². The Labute approximate surface area is 101 Å². The second kappa shape index (κ2) is 4.71. The highest BCUT2D eigenvalue weighted by atomic mass is 16.6. The van der Waals surface area contributed by atoms with Gasteiger partial charge in [0.25, 0.3) is 5.69 Å². The van der Waals surface area contributed by atoms with E-state index in [0.29, 0.717) is 5.56 Å². The summed E-state index contributed by atoms with van der Waals surface area (Å²) < 4.78 is 0. The summed E-state index contributed by atoms with van der Waals surface area (Å²) in [6, 6.07) is 4.96.